The molecule has 0 unspecified atom stereocenters. The van der Waals surface area contributed by atoms with Crippen LogP contribution < -0.4 is 5.32 Å². The van der Waals surface area contributed by atoms with E-state index in [0.717, 1.165) is 45.0 Å². The van der Waals surface area contributed by atoms with Crippen molar-refractivity contribution < 1.29 is 17.9 Å². The zero-order valence-corrected chi connectivity index (χ0v) is 15.0. The Morgan fingerprint density at radius 3 is 2.50 bits per heavy atom. The first kappa shape index (κ1) is 21.0. The second-order valence-electron chi connectivity index (χ2n) is 6.08. The van der Waals surface area contributed by atoms with Crippen molar-refractivity contribution in [3.05, 3.63) is 0 Å². The molecule has 1 rings (SSSR count). The van der Waals surface area contributed by atoms with Crippen LogP contribution in [0.15, 0.2) is 4.99 Å². The van der Waals surface area contributed by atoms with Crippen molar-refractivity contribution in [1.82, 2.24) is 15.1 Å². The number of alkyl halides is 3. The normalized spacial score (nSPS) is 17.6. The predicted molar refractivity (Wildman–Crippen MR) is 90.4 cm³/mol. The van der Waals surface area contributed by atoms with Gasteiger partial charge in [-0.2, -0.15) is 13.2 Å². The summed E-state index contributed by atoms with van der Waals surface area (Å²) in [6.07, 6.45) is -1.25. The highest BCUT2D eigenvalue weighted by molar-refractivity contribution is 5.80. The van der Waals surface area contributed by atoms with Crippen LogP contribution in [-0.2, 0) is 4.74 Å². The molecule has 24 heavy (non-hydrogen) atoms. The first-order valence-corrected chi connectivity index (χ1v) is 8.75. The van der Waals surface area contributed by atoms with Crippen LogP contribution in [0, 0.1) is 0 Å². The molecule has 1 aliphatic rings. The lowest BCUT2D eigenvalue weighted by Crippen LogP contribution is -2.47. The van der Waals surface area contributed by atoms with Gasteiger partial charge in [0, 0.05) is 32.8 Å². The fraction of sp³-hybridized carbons (Fsp3) is 0.938. The third kappa shape index (κ3) is 8.73. The number of rotatable bonds is 8. The Hall–Kier alpha value is -1.02. The van der Waals surface area contributed by atoms with Gasteiger partial charge in [0.25, 0.3) is 0 Å². The fourth-order valence-corrected chi connectivity index (χ4v) is 2.81. The summed E-state index contributed by atoms with van der Waals surface area (Å²) in [5.41, 5.74) is 0. The summed E-state index contributed by atoms with van der Waals surface area (Å²) < 4.78 is 42.5. The zero-order chi connectivity index (χ0) is 18.0. The van der Waals surface area contributed by atoms with E-state index in [9.17, 15) is 13.2 Å². The first-order valence-electron chi connectivity index (χ1n) is 8.75. The minimum Gasteiger partial charge on any atom is -0.378 e. The largest absolute Gasteiger partial charge is 0.401 e. The Labute approximate surface area is 143 Å². The molecule has 1 saturated heterocycles. The molecule has 5 nitrogen and oxygen atoms in total. The van der Waals surface area contributed by atoms with Gasteiger partial charge in [-0.25, -0.2) is 0 Å². The van der Waals surface area contributed by atoms with E-state index in [-0.39, 0.29) is 0 Å². The molecule has 0 aliphatic carbocycles. The van der Waals surface area contributed by atoms with Crippen molar-refractivity contribution in [2.75, 3.05) is 52.9 Å². The van der Waals surface area contributed by atoms with Crippen LogP contribution >= 0.6 is 0 Å². The lowest BCUT2D eigenvalue weighted by molar-refractivity contribution is -0.143. The van der Waals surface area contributed by atoms with Gasteiger partial charge in [0.15, 0.2) is 5.96 Å². The van der Waals surface area contributed by atoms with Gasteiger partial charge in [-0.3, -0.25) is 9.89 Å². The smallest absolute Gasteiger partial charge is 0.378 e. The molecule has 0 atom stereocenters. The van der Waals surface area contributed by atoms with E-state index >= 15 is 0 Å². The third-order valence-corrected chi connectivity index (χ3v) is 3.89. The maximum Gasteiger partial charge on any atom is 0.401 e. The number of hydrogen-bond acceptors (Lipinski definition) is 3. The van der Waals surface area contributed by atoms with Crippen molar-refractivity contribution in [2.24, 2.45) is 4.99 Å². The third-order valence-electron chi connectivity index (χ3n) is 3.89. The molecule has 1 aliphatic heterocycles. The van der Waals surface area contributed by atoms with E-state index in [1.165, 1.54) is 11.9 Å². The van der Waals surface area contributed by atoms with Crippen LogP contribution in [-0.4, -0.2) is 81.0 Å². The monoisotopic (exact) mass is 352 g/mol. The van der Waals surface area contributed by atoms with Gasteiger partial charge in [0.2, 0.25) is 0 Å². The number of nitrogens with zero attached hydrogens (tertiary/aromatic N) is 3. The molecule has 0 radical (unpaired) electrons. The highest BCUT2D eigenvalue weighted by Gasteiger charge is 2.28. The summed E-state index contributed by atoms with van der Waals surface area (Å²) in [5.74, 6) is 0.853. The molecule has 1 N–H and O–H groups in total. The van der Waals surface area contributed by atoms with Crippen LogP contribution in [0.25, 0.3) is 0 Å². The lowest BCUT2D eigenvalue weighted by atomic mass is 10.1. The molecule has 0 aromatic carbocycles. The molecule has 0 aromatic heterocycles. The minimum absolute atomic E-state index is 0.324. The van der Waals surface area contributed by atoms with Crippen molar-refractivity contribution in [3.63, 3.8) is 0 Å². The number of ether oxygens (including phenoxy) is 1. The number of likely N-dealkylation sites (tertiary alicyclic amines) is 1. The molecule has 8 heteroatoms. The van der Waals surface area contributed by atoms with Crippen LogP contribution in [0.2, 0.25) is 0 Å². The quantitative estimate of drug-likeness (QED) is 0.414. The summed E-state index contributed by atoms with van der Waals surface area (Å²) in [7, 11) is 1.49. The van der Waals surface area contributed by atoms with Crippen molar-refractivity contribution in [3.8, 4) is 0 Å². The Morgan fingerprint density at radius 2 is 1.96 bits per heavy atom. The fourth-order valence-electron chi connectivity index (χ4n) is 2.81. The molecular formula is C16H31F3N4O. The lowest BCUT2D eigenvalue weighted by Gasteiger charge is -2.34. The van der Waals surface area contributed by atoms with Crippen LogP contribution in [0.1, 0.15) is 33.1 Å². The number of aliphatic imine (C=N–C) groups is 1. The van der Waals surface area contributed by atoms with E-state index in [1.54, 1.807) is 0 Å². The van der Waals surface area contributed by atoms with Gasteiger partial charge in [0.05, 0.1) is 12.6 Å². The van der Waals surface area contributed by atoms with Gasteiger partial charge in [-0.1, -0.05) is 0 Å². The Bertz CT molecular complexity index is 369. The average molecular weight is 352 g/mol. The average Bonchev–Trinajstić information content (AvgIpc) is 2.50. The summed E-state index contributed by atoms with van der Waals surface area (Å²) >= 11 is 0. The van der Waals surface area contributed by atoms with Crippen molar-refractivity contribution >= 4 is 5.96 Å². The molecule has 0 saturated carbocycles. The van der Waals surface area contributed by atoms with Crippen LogP contribution in [0.5, 0.6) is 0 Å². The number of hydrogen-bond donors (Lipinski definition) is 1. The summed E-state index contributed by atoms with van der Waals surface area (Å²) in [6.45, 7) is 7.36. The van der Waals surface area contributed by atoms with Crippen molar-refractivity contribution in [2.45, 2.75) is 45.4 Å². The molecule has 0 bridgehead atoms. The van der Waals surface area contributed by atoms with Gasteiger partial charge >= 0.3 is 6.18 Å². The highest BCUT2D eigenvalue weighted by atomic mass is 19.4. The summed E-state index contributed by atoms with van der Waals surface area (Å²) in [5, 5.41) is 3.27. The number of halogens is 3. The second-order valence-corrected chi connectivity index (χ2v) is 6.08. The second kappa shape index (κ2) is 10.8. The van der Waals surface area contributed by atoms with Gasteiger partial charge < -0.3 is 15.0 Å². The van der Waals surface area contributed by atoms with Crippen LogP contribution in [0.3, 0.4) is 0 Å². The minimum atomic E-state index is -4.14. The Kier molecular flexibility index (Phi) is 9.43. The molecule has 0 amide bonds. The van der Waals surface area contributed by atoms with Crippen LogP contribution in [0.4, 0.5) is 13.2 Å². The van der Waals surface area contributed by atoms with E-state index < -0.39 is 12.7 Å². The van der Waals surface area contributed by atoms with E-state index in [1.807, 2.05) is 13.8 Å². The Balaban J connectivity index is 2.38. The van der Waals surface area contributed by atoms with E-state index in [4.69, 9.17) is 4.74 Å². The van der Waals surface area contributed by atoms with Crippen molar-refractivity contribution in [1.29, 1.82) is 0 Å². The molecule has 1 heterocycles. The van der Waals surface area contributed by atoms with Gasteiger partial charge in [0.1, 0.15) is 0 Å². The number of piperidine rings is 1. The van der Waals surface area contributed by atoms with E-state index in [2.05, 4.69) is 15.2 Å². The van der Waals surface area contributed by atoms with Gasteiger partial charge in [-0.15, -0.1) is 0 Å². The molecule has 0 spiro atoms. The number of nitrogens with one attached hydrogen (secondary N) is 1. The topological polar surface area (TPSA) is 40.1 Å². The molecule has 1 fully saturated rings. The van der Waals surface area contributed by atoms with Gasteiger partial charge in [-0.05, 0) is 46.7 Å². The van der Waals surface area contributed by atoms with E-state index in [0.29, 0.717) is 25.6 Å². The first-order chi connectivity index (χ1) is 11.4. The maximum atomic E-state index is 12.3. The number of guanidine groups is 1. The zero-order valence-electron chi connectivity index (χ0n) is 15.0. The summed E-state index contributed by atoms with van der Waals surface area (Å²) in [6, 6.07) is 0. The molecule has 142 valence electrons. The summed E-state index contributed by atoms with van der Waals surface area (Å²) in [4.78, 5) is 8.05. The molecular weight excluding hydrogens is 321 g/mol. The maximum absolute atomic E-state index is 12.3. The predicted octanol–water partition coefficient (Wildman–Crippen LogP) is 2.34. The Morgan fingerprint density at radius 1 is 1.29 bits per heavy atom. The molecule has 0 aromatic rings. The SMILES string of the molecule is CCNC(=NCCCN(C)CC(F)(F)F)N1CCC(OCC)CC1. The highest BCUT2D eigenvalue weighted by Crippen LogP contribution is 2.16. The standard InChI is InChI=1S/C16H31F3N4O/c1-4-20-15(23-11-7-14(8-12-23)24-5-2)21-9-6-10-22(3)13-16(17,18)19/h14H,4-13H2,1-3H3,(H,20,21).